The zero-order valence-electron chi connectivity index (χ0n) is 8.91. The molecule has 0 fully saturated rings. The summed E-state index contributed by atoms with van der Waals surface area (Å²) in [7, 11) is 0. The van der Waals surface area contributed by atoms with Crippen molar-refractivity contribution in [2.75, 3.05) is 5.73 Å². The summed E-state index contributed by atoms with van der Waals surface area (Å²) in [6, 6.07) is 1.84. The van der Waals surface area contributed by atoms with Gasteiger partial charge < -0.3 is 15.4 Å². The average molecular weight is 283 g/mol. The number of nitrogens with zero attached hydrogens (tertiary/aromatic N) is 1. The topological polar surface area (TPSA) is 72.3 Å². The number of anilines is 1. The highest BCUT2D eigenvalue weighted by atomic mass is 79.9. The maximum absolute atomic E-state index is 9.89. The number of nitrogen functional groups attached to an aromatic ring is 1. The second-order valence-corrected chi connectivity index (χ2v) is 4.48. The Labute approximate surface area is 101 Å². The van der Waals surface area contributed by atoms with Crippen molar-refractivity contribution in [3.05, 3.63) is 27.9 Å². The molecule has 4 nitrogen and oxygen atoms in total. The van der Waals surface area contributed by atoms with E-state index in [2.05, 4.69) is 21.1 Å². The first-order chi connectivity index (χ1) is 7.52. The van der Waals surface area contributed by atoms with E-state index in [9.17, 15) is 5.11 Å². The monoisotopic (exact) mass is 282 g/mol. The lowest BCUT2D eigenvalue weighted by Gasteiger charge is -2.11. The van der Waals surface area contributed by atoms with Crippen LogP contribution in [0.25, 0.3) is 11.1 Å². The molecule has 0 aliphatic carbocycles. The van der Waals surface area contributed by atoms with E-state index in [4.69, 9.17) is 10.3 Å². The molecule has 16 heavy (non-hydrogen) atoms. The summed E-state index contributed by atoms with van der Waals surface area (Å²) in [6.45, 7) is 3.67. The van der Waals surface area contributed by atoms with Crippen LogP contribution >= 0.6 is 15.9 Å². The van der Waals surface area contributed by atoms with Crippen LogP contribution < -0.4 is 5.73 Å². The van der Waals surface area contributed by atoms with Gasteiger partial charge in [0.25, 0.3) is 0 Å². The van der Waals surface area contributed by atoms with Crippen LogP contribution in [-0.4, -0.2) is 10.3 Å². The van der Waals surface area contributed by atoms with Gasteiger partial charge in [-0.05, 0) is 25.5 Å². The molecule has 0 amide bonds. The predicted octanol–water partition coefficient (Wildman–Crippen LogP) is 3.01. The first-order valence-corrected chi connectivity index (χ1v) is 5.51. The lowest BCUT2D eigenvalue weighted by molar-refractivity contribution is 0.436. The summed E-state index contributed by atoms with van der Waals surface area (Å²) in [6.07, 6.45) is 1.54. The molecule has 0 spiro atoms. The van der Waals surface area contributed by atoms with E-state index < -0.39 is 0 Å². The Kier molecular flexibility index (Phi) is 2.63. The maximum atomic E-state index is 9.89. The number of phenolic OH excluding ortho intramolecular Hbond substituents is 1. The number of rotatable bonds is 1. The van der Waals surface area contributed by atoms with Crippen molar-refractivity contribution < 1.29 is 9.63 Å². The van der Waals surface area contributed by atoms with Gasteiger partial charge in [-0.1, -0.05) is 21.1 Å². The molecule has 0 saturated carbocycles. The van der Waals surface area contributed by atoms with Crippen LogP contribution in [0.4, 0.5) is 5.88 Å². The van der Waals surface area contributed by atoms with Crippen LogP contribution in [0.15, 0.2) is 21.3 Å². The first kappa shape index (κ1) is 11.0. The molecule has 1 heterocycles. The van der Waals surface area contributed by atoms with Crippen molar-refractivity contribution in [1.29, 1.82) is 0 Å². The van der Waals surface area contributed by atoms with Crippen LogP contribution in [0, 0.1) is 13.8 Å². The molecule has 2 aromatic rings. The van der Waals surface area contributed by atoms with Crippen LogP contribution in [0.5, 0.6) is 5.75 Å². The van der Waals surface area contributed by atoms with Gasteiger partial charge in [0, 0.05) is 15.6 Å². The highest BCUT2D eigenvalue weighted by molar-refractivity contribution is 9.10. The molecule has 0 unspecified atom stereocenters. The van der Waals surface area contributed by atoms with Gasteiger partial charge in [0.1, 0.15) is 5.75 Å². The third kappa shape index (κ3) is 1.57. The number of nitrogens with two attached hydrogens (primary N) is 1. The minimum Gasteiger partial charge on any atom is -0.507 e. The molecule has 0 aliphatic rings. The summed E-state index contributed by atoms with van der Waals surface area (Å²) in [5.74, 6) is 0.505. The van der Waals surface area contributed by atoms with Gasteiger partial charge in [-0.15, -0.1) is 0 Å². The predicted molar refractivity (Wildman–Crippen MR) is 65.2 cm³/mol. The minimum atomic E-state index is 0.243. The molecular formula is C11H11BrN2O2. The number of aromatic nitrogens is 1. The molecule has 0 saturated heterocycles. The Bertz CT molecular complexity index is 549. The largest absolute Gasteiger partial charge is 0.507 e. The zero-order valence-corrected chi connectivity index (χ0v) is 10.5. The van der Waals surface area contributed by atoms with E-state index in [1.165, 1.54) is 6.20 Å². The summed E-state index contributed by atoms with van der Waals surface area (Å²) in [5.41, 5.74) is 8.71. The third-order valence-corrected chi connectivity index (χ3v) is 3.18. The summed E-state index contributed by atoms with van der Waals surface area (Å²) < 4.78 is 5.68. The fraction of sp³-hybridized carbons (Fsp3) is 0.182. The van der Waals surface area contributed by atoms with Gasteiger partial charge in [0.05, 0.1) is 11.8 Å². The summed E-state index contributed by atoms with van der Waals surface area (Å²) in [5, 5.41) is 13.5. The normalized spacial score (nSPS) is 10.7. The number of hydrogen-bond acceptors (Lipinski definition) is 4. The number of aryl methyl sites for hydroxylation is 1. The average Bonchev–Trinajstić information content (AvgIpc) is 2.62. The number of halogens is 1. The number of phenols is 1. The Balaban J connectivity index is 2.76. The lowest BCUT2D eigenvalue weighted by Crippen LogP contribution is -1.91. The van der Waals surface area contributed by atoms with Crippen molar-refractivity contribution in [2.24, 2.45) is 0 Å². The van der Waals surface area contributed by atoms with Crippen LogP contribution in [-0.2, 0) is 0 Å². The molecule has 5 heteroatoms. The van der Waals surface area contributed by atoms with Gasteiger partial charge in [0.2, 0.25) is 5.88 Å². The fourth-order valence-electron chi connectivity index (χ4n) is 1.69. The van der Waals surface area contributed by atoms with E-state index in [1.54, 1.807) is 0 Å². The van der Waals surface area contributed by atoms with Crippen molar-refractivity contribution in [3.8, 4) is 16.9 Å². The van der Waals surface area contributed by atoms with E-state index in [-0.39, 0.29) is 11.6 Å². The van der Waals surface area contributed by atoms with Crippen LogP contribution in [0.1, 0.15) is 11.1 Å². The van der Waals surface area contributed by atoms with Crippen LogP contribution in [0.2, 0.25) is 0 Å². The Morgan fingerprint density at radius 1 is 1.44 bits per heavy atom. The van der Waals surface area contributed by atoms with E-state index in [0.717, 1.165) is 21.2 Å². The van der Waals surface area contributed by atoms with Gasteiger partial charge in [0.15, 0.2) is 0 Å². The maximum Gasteiger partial charge on any atom is 0.230 e. The van der Waals surface area contributed by atoms with E-state index >= 15 is 0 Å². The number of hydrogen-bond donors (Lipinski definition) is 2. The molecule has 1 aromatic carbocycles. The highest BCUT2D eigenvalue weighted by Gasteiger charge is 2.17. The van der Waals surface area contributed by atoms with Gasteiger partial charge >= 0.3 is 0 Å². The minimum absolute atomic E-state index is 0.243. The zero-order chi connectivity index (χ0) is 11.9. The third-order valence-electron chi connectivity index (χ3n) is 2.55. The van der Waals surface area contributed by atoms with Gasteiger partial charge in [-0.2, -0.15) is 0 Å². The molecule has 0 atom stereocenters. The second-order valence-electron chi connectivity index (χ2n) is 3.63. The standard InChI is InChI=1S/C11H11BrN2O2/c1-5-3-8(12)9(6(2)10(5)15)7-4-14-16-11(7)13/h3-4,15H,13H2,1-2H3. The first-order valence-electron chi connectivity index (χ1n) is 4.71. The molecule has 3 N–H and O–H groups in total. The summed E-state index contributed by atoms with van der Waals surface area (Å²) in [4.78, 5) is 0. The van der Waals surface area contributed by atoms with Crippen molar-refractivity contribution in [2.45, 2.75) is 13.8 Å². The molecular weight excluding hydrogens is 272 g/mol. The molecule has 2 rings (SSSR count). The Hall–Kier alpha value is -1.49. The van der Waals surface area contributed by atoms with E-state index in [1.807, 2.05) is 19.9 Å². The number of aromatic hydroxyl groups is 1. The molecule has 0 aliphatic heterocycles. The van der Waals surface area contributed by atoms with Crippen molar-refractivity contribution in [1.82, 2.24) is 5.16 Å². The number of benzene rings is 1. The van der Waals surface area contributed by atoms with E-state index in [0.29, 0.717) is 5.56 Å². The molecule has 0 radical (unpaired) electrons. The summed E-state index contributed by atoms with van der Waals surface area (Å²) >= 11 is 3.45. The molecule has 1 aromatic heterocycles. The Morgan fingerprint density at radius 2 is 2.12 bits per heavy atom. The quantitative estimate of drug-likeness (QED) is 0.843. The molecule has 84 valence electrons. The van der Waals surface area contributed by atoms with Crippen LogP contribution in [0.3, 0.4) is 0 Å². The SMILES string of the molecule is Cc1cc(Br)c(-c2cnoc2N)c(C)c1O. The highest BCUT2D eigenvalue weighted by Crippen LogP contribution is 2.40. The van der Waals surface area contributed by atoms with Gasteiger partial charge in [-0.25, -0.2) is 0 Å². The Morgan fingerprint density at radius 3 is 2.69 bits per heavy atom. The van der Waals surface area contributed by atoms with Gasteiger partial charge in [-0.3, -0.25) is 0 Å². The fourth-order valence-corrected chi connectivity index (χ4v) is 2.55. The van der Waals surface area contributed by atoms with Crippen molar-refractivity contribution >= 4 is 21.8 Å². The smallest absolute Gasteiger partial charge is 0.230 e. The van der Waals surface area contributed by atoms with Crippen molar-refractivity contribution in [3.63, 3.8) is 0 Å². The second kappa shape index (κ2) is 3.83. The molecule has 0 bridgehead atoms. The lowest BCUT2D eigenvalue weighted by atomic mass is 9.99.